The maximum absolute atomic E-state index is 5.80. The summed E-state index contributed by atoms with van der Waals surface area (Å²) >= 11 is 7.60. The van der Waals surface area contributed by atoms with Crippen LogP contribution < -0.4 is 0 Å². The number of alkyl halides is 1. The van der Waals surface area contributed by atoms with Crippen LogP contribution >= 0.6 is 23.4 Å². The first-order valence-electron chi connectivity index (χ1n) is 6.46. The summed E-state index contributed by atoms with van der Waals surface area (Å²) in [6.07, 6.45) is 0. The third kappa shape index (κ3) is 2.69. The SMILES string of the molecule is Cn1nc(CSc2ccc(CCl)cc2)c2ccccc21. The first-order chi connectivity index (χ1) is 9.78. The van der Waals surface area contributed by atoms with E-state index < -0.39 is 0 Å². The number of aromatic nitrogens is 2. The van der Waals surface area contributed by atoms with E-state index in [1.165, 1.54) is 15.8 Å². The van der Waals surface area contributed by atoms with Gasteiger partial charge in [0.2, 0.25) is 0 Å². The molecule has 0 fully saturated rings. The molecule has 0 aliphatic rings. The molecule has 0 saturated carbocycles. The zero-order chi connectivity index (χ0) is 13.9. The molecule has 0 saturated heterocycles. The Bertz CT molecular complexity index is 719. The first kappa shape index (κ1) is 13.5. The normalized spacial score (nSPS) is 11.1. The largest absolute Gasteiger partial charge is 0.268 e. The molecule has 1 aromatic heterocycles. The Labute approximate surface area is 127 Å². The minimum Gasteiger partial charge on any atom is -0.268 e. The number of para-hydroxylation sites is 1. The van der Waals surface area contributed by atoms with Crippen LogP contribution in [0.25, 0.3) is 10.9 Å². The van der Waals surface area contributed by atoms with Crippen molar-refractivity contribution in [3.8, 4) is 0 Å². The van der Waals surface area contributed by atoms with E-state index in [0.717, 1.165) is 17.0 Å². The molecule has 0 spiro atoms. The van der Waals surface area contributed by atoms with Crippen molar-refractivity contribution in [2.75, 3.05) is 0 Å². The molecule has 0 radical (unpaired) electrons. The monoisotopic (exact) mass is 302 g/mol. The fourth-order valence-electron chi connectivity index (χ4n) is 2.22. The molecule has 0 N–H and O–H groups in total. The Kier molecular flexibility index (Phi) is 3.99. The standard InChI is InChI=1S/C16H15ClN2S/c1-19-16-5-3-2-4-14(16)15(18-19)11-20-13-8-6-12(10-17)7-9-13/h2-9H,10-11H2,1H3. The van der Waals surface area contributed by atoms with Crippen LogP contribution in [-0.2, 0) is 18.7 Å². The first-order valence-corrected chi connectivity index (χ1v) is 7.98. The molecule has 2 nitrogen and oxygen atoms in total. The summed E-state index contributed by atoms with van der Waals surface area (Å²) in [5.41, 5.74) is 3.47. The van der Waals surface area contributed by atoms with Crippen LogP contribution in [0.1, 0.15) is 11.3 Å². The number of hydrogen-bond acceptors (Lipinski definition) is 2. The van der Waals surface area contributed by atoms with Crippen molar-refractivity contribution < 1.29 is 0 Å². The number of halogens is 1. The van der Waals surface area contributed by atoms with Crippen LogP contribution in [0, 0.1) is 0 Å². The second-order valence-electron chi connectivity index (χ2n) is 4.65. The zero-order valence-electron chi connectivity index (χ0n) is 11.2. The molecule has 0 atom stereocenters. The van der Waals surface area contributed by atoms with Crippen LogP contribution in [0.5, 0.6) is 0 Å². The molecule has 0 amide bonds. The lowest BCUT2D eigenvalue weighted by molar-refractivity contribution is 0.781. The lowest BCUT2D eigenvalue weighted by Gasteiger charge is -2.01. The van der Waals surface area contributed by atoms with E-state index >= 15 is 0 Å². The fourth-order valence-corrected chi connectivity index (χ4v) is 3.25. The van der Waals surface area contributed by atoms with Crippen LogP contribution in [-0.4, -0.2) is 9.78 Å². The minimum atomic E-state index is 0.565. The zero-order valence-corrected chi connectivity index (χ0v) is 12.8. The van der Waals surface area contributed by atoms with Crippen LogP contribution in [0.4, 0.5) is 0 Å². The number of aryl methyl sites for hydroxylation is 1. The summed E-state index contributed by atoms with van der Waals surface area (Å²) in [5.74, 6) is 1.44. The minimum absolute atomic E-state index is 0.565. The molecule has 2 aromatic carbocycles. The maximum atomic E-state index is 5.80. The topological polar surface area (TPSA) is 17.8 Å². The average Bonchev–Trinajstić information content (AvgIpc) is 2.83. The average molecular weight is 303 g/mol. The Morgan fingerprint density at radius 3 is 2.60 bits per heavy atom. The Hall–Kier alpha value is -1.45. The van der Waals surface area contributed by atoms with Crippen LogP contribution in [0.3, 0.4) is 0 Å². The molecular formula is C16H15ClN2S. The number of thioether (sulfide) groups is 1. The molecule has 3 aromatic rings. The van der Waals surface area contributed by atoms with Gasteiger partial charge in [0, 0.05) is 29.0 Å². The second kappa shape index (κ2) is 5.90. The molecule has 1 heterocycles. The lowest BCUT2D eigenvalue weighted by Crippen LogP contribution is -1.90. The van der Waals surface area contributed by atoms with Crippen LogP contribution in [0.15, 0.2) is 53.4 Å². The Morgan fingerprint density at radius 1 is 1.10 bits per heavy atom. The van der Waals surface area contributed by atoms with E-state index in [9.17, 15) is 0 Å². The van der Waals surface area contributed by atoms with Gasteiger partial charge in [0.05, 0.1) is 11.2 Å². The van der Waals surface area contributed by atoms with E-state index in [2.05, 4.69) is 47.6 Å². The third-order valence-corrected chi connectivity index (χ3v) is 4.62. The van der Waals surface area contributed by atoms with Crippen molar-refractivity contribution in [3.63, 3.8) is 0 Å². The van der Waals surface area contributed by atoms with Gasteiger partial charge in [0.1, 0.15) is 0 Å². The van der Waals surface area contributed by atoms with Crippen molar-refractivity contribution in [1.29, 1.82) is 0 Å². The van der Waals surface area contributed by atoms with Crippen molar-refractivity contribution in [2.24, 2.45) is 7.05 Å². The van der Waals surface area contributed by atoms with Gasteiger partial charge in [-0.05, 0) is 23.8 Å². The van der Waals surface area contributed by atoms with E-state index in [4.69, 9.17) is 11.6 Å². The second-order valence-corrected chi connectivity index (χ2v) is 5.97. The van der Waals surface area contributed by atoms with E-state index in [1.807, 2.05) is 17.8 Å². The highest BCUT2D eigenvalue weighted by Crippen LogP contribution is 2.26. The highest BCUT2D eigenvalue weighted by Gasteiger charge is 2.08. The van der Waals surface area contributed by atoms with Gasteiger partial charge in [-0.1, -0.05) is 30.3 Å². The predicted molar refractivity (Wildman–Crippen MR) is 86.3 cm³/mol. The van der Waals surface area contributed by atoms with E-state index in [1.54, 1.807) is 11.8 Å². The summed E-state index contributed by atoms with van der Waals surface area (Å²) in [5, 5.41) is 5.85. The molecule has 0 bridgehead atoms. The molecule has 20 heavy (non-hydrogen) atoms. The van der Waals surface area contributed by atoms with Gasteiger partial charge in [-0.3, -0.25) is 4.68 Å². The van der Waals surface area contributed by atoms with Crippen molar-refractivity contribution in [1.82, 2.24) is 9.78 Å². The summed E-state index contributed by atoms with van der Waals surface area (Å²) in [6, 6.07) is 16.7. The van der Waals surface area contributed by atoms with Crippen molar-refractivity contribution in [3.05, 3.63) is 59.8 Å². The van der Waals surface area contributed by atoms with Gasteiger partial charge in [0.25, 0.3) is 0 Å². The molecule has 0 aliphatic heterocycles. The maximum Gasteiger partial charge on any atom is 0.0805 e. The quantitative estimate of drug-likeness (QED) is 0.517. The highest BCUT2D eigenvalue weighted by atomic mass is 35.5. The molecule has 0 aliphatic carbocycles. The van der Waals surface area contributed by atoms with Gasteiger partial charge in [-0.2, -0.15) is 5.10 Å². The van der Waals surface area contributed by atoms with Gasteiger partial charge >= 0.3 is 0 Å². The van der Waals surface area contributed by atoms with Crippen LogP contribution in [0.2, 0.25) is 0 Å². The predicted octanol–water partition coefficient (Wildman–Crippen LogP) is 4.60. The summed E-state index contributed by atoms with van der Waals surface area (Å²) in [4.78, 5) is 1.24. The van der Waals surface area contributed by atoms with E-state index in [-0.39, 0.29) is 0 Å². The molecule has 3 rings (SSSR count). The lowest BCUT2D eigenvalue weighted by atomic mass is 10.2. The Morgan fingerprint density at radius 2 is 1.85 bits per heavy atom. The number of fused-ring (bicyclic) bond motifs is 1. The van der Waals surface area contributed by atoms with Gasteiger partial charge < -0.3 is 0 Å². The number of hydrogen-bond donors (Lipinski definition) is 0. The van der Waals surface area contributed by atoms with Crippen molar-refractivity contribution in [2.45, 2.75) is 16.5 Å². The van der Waals surface area contributed by atoms with Gasteiger partial charge in [0.15, 0.2) is 0 Å². The number of rotatable bonds is 4. The smallest absolute Gasteiger partial charge is 0.0805 e. The summed E-state index contributed by atoms with van der Waals surface area (Å²) in [6.45, 7) is 0. The summed E-state index contributed by atoms with van der Waals surface area (Å²) < 4.78 is 1.95. The molecular weight excluding hydrogens is 288 g/mol. The summed E-state index contributed by atoms with van der Waals surface area (Å²) in [7, 11) is 1.99. The van der Waals surface area contributed by atoms with E-state index in [0.29, 0.717) is 5.88 Å². The number of benzene rings is 2. The molecule has 4 heteroatoms. The highest BCUT2D eigenvalue weighted by molar-refractivity contribution is 7.98. The van der Waals surface area contributed by atoms with Gasteiger partial charge in [-0.25, -0.2) is 0 Å². The molecule has 102 valence electrons. The van der Waals surface area contributed by atoms with Crippen molar-refractivity contribution >= 4 is 34.3 Å². The van der Waals surface area contributed by atoms with Gasteiger partial charge in [-0.15, -0.1) is 23.4 Å². The fraction of sp³-hybridized carbons (Fsp3) is 0.188. The Balaban J connectivity index is 1.79. The third-order valence-electron chi connectivity index (χ3n) is 3.29. The number of nitrogens with zero attached hydrogens (tertiary/aromatic N) is 2. The molecule has 0 unspecified atom stereocenters.